The highest BCUT2D eigenvalue weighted by Gasteiger charge is 2.34. The van der Waals surface area contributed by atoms with E-state index in [1.807, 2.05) is 12.3 Å². The van der Waals surface area contributed by atoms with Crippen molar-refractivity contribution in [1.29, 1.82) is 0 Å². The van der Waals surface area contributed by atoms with Crippen molar-refractivity contribution < 1.29 is 21.9 Å². The van der Waals surface area contributed by atoms with Crippen LogP contribution in [0.4, 0.5) is 0 Å². The van der Waals surface area contributed by atoms with Gasteiger partial charge in [0.05, 0.1) is 19.8 Å². The maximum absolute atomic E-state index is 5.41. The molecule has 0 bridgehead atoms. The number of methoxy groups -OCH3 is 2. The Morgan fingerprint density at radius 1 is 1.00 bits per heavy atom. The van der Waals surface area contributed by atoms with Crippen LogP contribution < -0.4 is 21.9 Å². The fourth-order valence-corrected chi connectivity index (χ4v) is 3.33. The van der Waals surface area contributed by atoms with Gasteiger partial charge in [-0.05, 0) is 42.5 Å². The predicted molar refractivity (Wildman–Crippen MR) is 76.7 cm³/mol. The van der Waals surface area contributed by atoms with E-state index in [1.54, 1.807) is 14.2 Å². The second-order valence-electron chi connectivity index (χ2n) is 5.63. The lowest BCUT2D eigenvalue weighted by Gasteiger charge is -2.36. The third-order valence-corrected chi connectivity index (χ3v) is 4.43. The summed E-state index contributed by atoms with van der Waals surface area (Å²) < 4.78 is 10.8. The summed E-state index contributed by atoms with van der Waals surface area (Å²) in [6.45, 7) is 0. The molecule has 1 aliphatic carbocycles. The van der Waals surface area contributed by atoms with E-state index in [1.165, 1.54) is 43.2 Å². The first-order chi connectivity index (χ1) is 9.26. The quantitative estimate of drug-likeness (QED) is 0.790. The highest BCUT2D eigenvalue weighted by atomic mass is 35.5. The van der Waals surface area contributed by atoms with Crippen LogP contribution in [0.25, 0.3) is 0 Å². The van der Waals surface area contributed by atoms with Crippen LogP contribution in [0.3, 0.4) is 0 Å². The Labute approximate surface area is 126 Å². The zero-order chi connectivity index (χ0) is 13.3. The van der Waals surface area contributed by atoms with Gasteiger partial charge in [-0.15, -0.1) is 0 Å². The monoisotopic (exact) mass is 294 g/mol. The van der Waals surface area contributed by atoms with Gasteiger partial charge in [0.2, 0.25) is 0 Å². The smallest absolute Gasteiger partial charge is 0.161 e. The number of fused-ring (bicyclic) bond motifs is 1. The van der Waals surface area contributed by atoms with Crippen molar-refractivity contribution in [2.45, 2.75) is 44.1 Å². The third kappa shape index (κ3) is 2.64. The Bertz CT molecular complexity index is 507. The molecule has 0 amide bonds. The fraction of sp³-hybridized carbons (Fsp3) is 0.562. The highest BCUT2D eigenvalue weighted by molar-refractivity contribution is 5.85. The molecule has 0 unspecified atom stereocenters. The summed E-state index contributed by atoms with van der Waals surface area (Å²) in [6.07, 6.45) is 9.48. The number of ether oxygens (including phenoxy) is 2. The van der Waals surface area contributed by atoms with Crippen LogP contribution in [-0.2, 0) is 6.42 Å². The number of benzene rings is 1. The van der Waals surface area contributed by atoms with Gasteiger partial charge >= 0.3 is 0 Å². The SMILES string of the molecule is COc1cc2c(cc1OC)CC1(CCCCC1)N=C2.[Cl-]. The van der Waals surface area contributed by atoms with E-state index in [0.717, 1.165) is 17.9 Å². The molecule has 3 rings (SSSR count). The molecular formula is C16H21ClNO2-. The molecule has 1 aromatic carbocycles. The fourth-order valence-electron chi connectivity index (χ4n) is 3.33. The van der Waals surface area contributed by atoms with Crippen molar-refractivity contribution in [3.05, 3.63) is 23.3 Å². The van der Waals surface area contributed by atoms with Crippen LogP contribution in [0, 0.1) is 0 Å². The maximum atomic E-state index is 5.41. The number of hydrogen-bond acceptors (Lipinski definition) is 3. The van der Waals surface area contributed by atoms with E-state index in [0.29, 0.717) is 0 Å². The molecule has 0 saturated heterocycles. The molecule has 0 aromatic heterocycles. The van der Waals surface area contributed by atoms with Gasteiger partial charge in [0, 0.05) is 6.21 Å². The number of halogens is 1. The van der Waals surface area contributed by atoms with Crippen molar-refractivity contribution >= 4 is 6.21 Å². The molecule has 1 fully saturated rings. The van der Waals surface area contributed by atoms with Crippen LogP contribution >= 0.6 is 0 Å². The van der Waals surface area contributed by atoms with Crippen molar-refractivity contribution in [1.82, 2.24) is 0 Å². The van der Waals surface area contributed by atoms with E-state index < -0.39 is 0 Å². The summed E-state index contributed by atoms with van der Waals surface area (Å²) in [6, 6.07) is 4.16. The van der Waals surface area contributed by atoms with Crippen LogP contribution in [-0.4, -0.2) is 26.0 Å². The molecule has 1 spiro atoms. The molecule has 0 radical (unpaired) electrons. The minimum atomic E-state index is 0. The van der Waals surface area contributed by atoms with E-state index >= 15 is 0 Å². The third-order valence-electron chi connectivity index (χ3n) is 4.43. The number of nitrogens with zero attached hydrogens (tertiary/aromatic N) is 1. The Morgan fingerprint density at radius 3 is 2.30 bits per heavy atom. The van der Waals surface area contributed by atoms with E-state index in [-0.39, 0.29) is 17.9 Å². The minimum absolute atomic E-state index is 0. The summed E-state index contributed by atoms with van der Waals surface area (Å²) in [5.74, 6) is 1.61. The van der Waals surface area contributed by atoms with Crippen molar-refractivity contribution in [2.75, 3.05) is 14.2 Å². The zero-order valence-electron chi connectivity index (χ0n) is 12.1. The lowest BCUT2D eigenvalue weighted by molar-refractivity contribution is -0.00000484. The molecule has 0 N–H and O–H groups in total. The molecular weight excluding hydrogens is 274 g/mol. The molecule has 110 valence electrons. The second-order valence-corrected chi connectivity index (χ2v) is 5.63. The molecule has 0 atom stereocenters. The lowest BCUT2D eigenvalue weighted by Crippen LogP contribution is -3.00. The molecule has 3 nitrogen and oxygen atoms in total. The van der Waals surface area contributed by atoms with Gasteiger partial charge < -0.3 is 21.9 Å². The van der Waals surface area contributed by atoms with Gasteiger partial charge in [-0.2, -0.15) is 0 Å². The van der Waals surface area contributed by atoms with Gasteiger partial charge in [-0.25, -0.2) is 0 Å². The molecule has 4 heteroatoms. The van der Waals surface area contributed by atoms with Crippen molar-refractivity contribution in [3.63, 3.8) is 0 Å². The summed E-state index contributed by atoms with van der Waals surface area (Å²) >= 11 is 0. The van der Waals surface area contributed by atoms with E-state index in [2.05, 4.69) is 6.07 Å². The predicted octanol–water partition coefficient (Wildman–Crippen LogP) is 0.386. The highest BCUT2D eigenvalue weighted by Crippen LogP contribution is 2.40. The summed E-state index contributed by atoms with van der Waals surface area (Å²) in [7, 11) is 3.37. The number of rotatable bonds is 2. The molecule has 2 aliphatic rings. The maximum Gasteiger partial charge on any atom is 0.161 e. The lowest BCUT2D eigenvalue weighted by atomic mass is 9.76. The summed E-state index contributed by atoms with van der Waals surface area (Å²) in [5, 5.41) is 0. The first-order valence-corrected chi connectivity index (χ1v) is 7.06. The van der Waals surface area contributed by atoms with Crippen LogP contribution in [0.5, 0.6) is 11.5 Å². The van der Waals surface area contributed by atoms with E-state index in [9.17, 15) is 0 Å². The molecule has 1 aromatic rings. The first-order valence-electron chi connectivity index (χ1n) is 7.06. The second kappa shape index (κ2) is 6.04. The zero-order valence-corrected chi connectivity index (χ0v) is 12.9. The number of aliphatic imine (C=N–C) groups is 1. The molecule has 1 aliphatic heterocycles. The Balaban J connectivity index is 0.00000147. The molecule has 20 heavy (non-hydrogen) atoms. The first kappa shape index (κ1) is 15.2. The Kier molecular flexibility index (Phi) is 4.59. The summed E-state index contributed by atoms with van der Waals surface area (Å²) in [4.78, 5) is 4.87. The van der Waals surface area contributed by atoms with E-state index in [4.69, 9.17) is 14.5 Å². The van der Waals surface area contributed by atoms with Gasteiger partial charge in [0.25, 0.3) is 0 Å². The van der Waals surface area contributed by atoms with Crippen molar-refractivity contribution in [2.24, 2.45) is 4.99 Å². The van der Waals surface area contributed by atoms with Crippen LogP contribution in [0.1, 0.15) is 43.2 Å². The average molecular weight is 295 g/mol. The largest absolute Gasteiger partial charge is 1.00 e. The Hall–Kier alpha value is -1.22. The van der Waals surface area contributed by atoms with Gasteiger partial charge in [-0.3, -0.25) is 4.99 Å². The normalized spacial score (nSPS) is 19.1. The van der Waals surface area contributed by atoms with Gasteiger partial charge in [-0.1, -0.05) is 19.3 Å². The average Bonchev–Trinajstić information content (AvgIpc) is 2.46. The minimum Gasteiger partial charge on any atom is -1.00 e. The van der Waals surface area contributed by atoms with Gasteiger partial charge in [0.15, 0.2) is 11.5 Å². The molecule has 1 saturated carbocycles. The molecule has 1 heterocycles. The van der Waals surface area contributed by atoms with Crippen LogP contribution in [0.15, 0.2) is 17.1 Å². The van der Waals surface area contributed by atoms with Gasteiger partial charge in [0.1, 0.15) is 0 Å². The van der Waals surface area contributed by atoms with Crippen LogP contribution in [0.2, 0.25) is 0 Å². The Morgan fingerprint density at radius 2 is 1.65 bits per heavy atom. The topological polar surface area (TPSA) is 30.8 Å². The summed E-state index contributed by atoms with van der Waals surface area (Å²) in [5.41, 5.74) is 2.67. The standard InChI is InChI=1S/C16H21NO2.ClH/c1-18-14-8-12-10-16(6-4-3-5-7-16)17-11-13(12)9-15(14)19-2;/h8-9,11H,3-7,10H2,1-2H3;1H/p-1. The van der Waals surface area contributed by atoms with Crippen molar-refractivity contribution in [3.8, 4) is 11.5 Å². The number of hydrogen-bond donors (Lipinski definition) is 0.